The third-order valence-corrected chi connectivity index (χ3v) is 4.51. The lowest BCUT2D eigenvalue weighted by Gasteiger charge is -2.07. The van der Waals surface area contributed by atoms with Crippen molar-refractivity contribution in [2.75, 3.05) is 14.2 Å². The maximum atomic E-state index is 12.2. The van der Waals surface area contributed by atoms with Crippen LogP contribution >= 0.6 is 34.2 Å². The lowest BCUT2D eigenvalue weighted by atomic mass is 10.1. The van der Waals surface area contributed by atoms with Crippen LogP contribution in [0.3, 0.4) is 0 Å². The molecule has 25 heavy (non-hydrogen) atoms. The van der Waals surface area contributed by atoms with Crippen LogP contribution in [0.2, 0.25) is 5.02 Å². The second kappa shape index (κ2) is 7.45. The van der Waals surface area contributed by atoms with Gasteiger partial charge in [0.1, 0.15) is 11.5 Å². The highest BCUT2D eigenvalue weighted by Crippen LogP contribution is 2.29. The predicted molar refractivity (Wildman–Crippen MR) is 104 cm³/mol. The smallest absolute Gasteiger partial charge is 0.363 e. The number of hydrogen-bond acceptors (Lipinski definition) is 5. The molecule has 3 rings (SSSR count). The molecule has 0 aromatic heterocycles. The highest BCUT2D eigenvalue weighted by molar-refractivity contribution is 14.1. The first kappa shape index (κ1) is 17.8. The van der Waals surface area contributed by atoms with Crippen molar-refractivity contribution in [2.24, 2.45) is 4.99 Å². The predicted octanol–water partition coefficient (Wildman–Crippen LogP) is 4.31. The van der Waals surface area contributed by atoms with Gasteiger partial charge >= 0.3 is 5.97 Å². The summed E-state index contributed by atoms with van der Waals surface area (Å²) in [4.78, 5) is 16.5. The molecular formula is C18H13ClINO4. The van der Waals surface area contributed by atoms with E-state index in [1.807, 2.05) is 12.1 Å². The first-order valence-corrected chi connectivity index (χ1v) is 8.67. The van der Waals surface area contributed by atoms with Crippen LogP contribution in [0.5, 0.6) is 11.5 Å². The molecule has 0 unspecified atom stereocenters. The minimum absolute atomic E-state index is 0.163. The fourth-order valence-electron chi connectivity index (χ4n) is 2.29. The zero-order chi connectivity index (χ0) is 18.0. The fourth-order valence-corrected chi connectivity index (χ4v) is 2.97. The standard InChI is InChI=1S/C18H13ClINO4/c1-23-12-4-6-16(24-2)10(7-12)8-15-18(22)25-17(21-15)13-9-11(20)3-5-14(13)19/h3-9H,1-2H3/b15-8-. The first-order chi connectivity index (χ1) is 12.0. The topological polar surface area (TPSA) is 57.1 Å². The average molecular weight is 470 g/mol. The van der Waals surface area contributed by atoms with Gasteiger partial charge in [-0.2, -0.15) is 0 Å². The van der Waals surface area contributed by atoms with Crippen molar-refractivity contribution in [1.82, 2.24) is 0 Å². The Balaban J connectivity index is 2.03. The van der Waals surface area contributed by atoms with Gasteiger partial charge in [-0.3, -0.25) is 0 Å². The van der Waals surface area contributed by atoms with Gasteiger partial charge in [-0.05, 0) is 65.1 Å². The number of carbonyl (C=O) groups is 1. The number of esters is 1. The average Bonchev–Trinajstić information content (AvgIpc) is 2.97. The van der Waals surface area contributed by atoms with Crippen LogP contribution in [0.15, 0.2) is 47.1 Å². The minimum Gasteiger partial charge on any atom is -0.497 e. The molecule has 0 aliphatic carbocycles. The number of halogens is 2. The first-order valence-electron chi connectivity index (χ1n) is 7.22. The molecule has 1 aliphatic rings. The zero-order valence-corrected chi connectivity index (χ0v) is 16.3. The summed E-state index contributed by atoms with van der Waals surface area (Å²) < 4.78 is 16.8. The van der Waals surface area contributed by atoms with Crippen molar-refractivity contribution in [1.29, 1.82) is 0 Å². The normalized spacial score (nSPS) is 15.1. The lowest BCUT2D eigenvalue weighted by molar-refractivity contribution is -0.129. The summed E-state index contributed by atoms with van der Waals surface area (Å²) in [6.45, 7) is 0. The summed E-state index contributed by atoms with van der Waals surface area (Å²) >= 11 is 8.34. The number of hydrogen-bond donors (Lipinski definition) is 0. The van der Waals surface area contributed by atoms with Crippen LogP contribution < -0.4 is 9.47 Å². The van der Waals surface area contributed by atoms with E-state index in [4.69, 9.17) is 25.8 Å². The maximum Gasteiger partial charge on any atom is 0.363 e. The number of rotatable bonds is 4. The molecule has 0 atom stereocenters. The number of benzene rings is 2. The molecule has 0 N–H and O–H groups in total. The molecule has 1 heterocycles. The van der Waals surface area contributed by atoms with Gasteiger partial charge in [0.05, 0.1) is 24.8 Å². The van der Waals surface area contributed by atoms with E-state index in [1.54, 1.807) is 44.6 Å². The number of nitrogens with zero attached hydrogens (tertiary/aromatic N) is 1. The van der Waals surface area contributed by atoms with Crippen LogP contribution in [0, 0.1) is 3.57 Å². The van der Waals surface area contributed by atoms with Gasteiger partial charge in [-0.25, -0.2) is 9.79 Å². The van der Waals surface area contributed by atoms with Crippen molar-refractivity contribution in [3.8, 4) is 11.5 Å². The molecule has 0 saturated carbocycles. The molecule has 128 valence electrons. The summed E-state index contributed by atoms with van der Waals surface area (Å²) in [5.74, 6) is 0.873. The van der Waals surface area contributed by atoms with Gasteiger partial charge in [0.2, 0.25) is 5.90 Å². The Morgan fingerprint density at radius 1 is 1.16 bits per heavy atom. The molecule has 7 heteroatoms. The highest BCUT2D eigenvalue weighted by Gasteiger charge is 2.26. The van der Waals surface area contributed by atoms with Crippen molar-refractivity contribution in [2.45, 2.75) is 0 Å². The van der Waals surface area contributed by atoms with Gasteiger partial charge in [-0.15, -0.1) is 0 Å². The summed E-state index contributed by atoms with van der Waals surface area (Å²) in [6, 6.07) is 10.7. The molecule has 0 spiro atoms. The number of ether oxygens (including phenoxy) is 3. The summed E-state index contributed by atoms with van der Waals surface area (Å²) in [5.41, 5.74) is 1.40. The highest BCUT2D eigenvalue weighted by atomic mass is 127. The molecule has 0 amide bonds. The van der Waals surface area contributed by atoms with E-state index in [0.29, 0.717) is 27.6 Å². The second-order valence-electron chi connectivity index (χ2n) is 5.07. The molecule has 0 radical (unpaired) electrons. The van der Waals surface area contributed by atoms with E-state index >= 15 is 0 Å². The van der Waals surface area contributed by atoms with E-state index in [0.717, 1.165) is 3.57 Å². The zero-order valence-electron chi connectivity index (χ0n) is 13.4. The SMILES string of the molecule is COc1ccc(OC)c(/C=C2\N=C(c3cc(I)ccc3Cl)OC2=O)c1. The number of carbonyl (C=O) groups excluding carboxylic acids is 1. The number of aliphatic imine (C=N–C) groups is 1. The third-order valence-electron chi connectivity index (χ3n) is 3.51. The monoisotopic (exact) mass is 469 g/mol. The Morgan fingerprint density at radius 2 is 1.96 bits per heavy atom. The Labute approximate surface area is 163 Å². The van der Waals surface area contributed by atoms with Crippen LogP contribution in [-0.4, -0.2) is 26.1 Å². The van der Waals surface area contributed by atoms with Gasteiger partial charge in [0.25, 0.3) is 0 Å². The van der Waals surface area contributed by atoms with Crippen molar-refractivity contribution >= 4 is 52.1 Å². The Bertz CT molecular complexity index is 908. The van der Waals surface area contributed by atoms with Crippen LogP contribution in [0.25, 0.3) is 6.08 Å². The lowest BCUT2D eigenvalue weighted by Crippen LogP contribution is -2.06. The quantitative estimate of drug-likeness (QED) is 0.380. The summed E-state index contributed by atoms with van der Waals surface area (Å²) in [7, 11) is 3.12. The molecule has 5 nitrogen and oxygen atoms in total. The second-order valence-corrected chi connectivity index (χ2v) is 6.72. The van der Waals surface area contributed by atoms with Gasteiger partial charge in [0, 0.05) is 9.13 Å². The fraction of sp³-hybridized carbons (Fsp3) is 0.111. The van der Waals surface area contributed by atoms with E-state index in [9.17, 15) is 4.79 Å². The number of methoxy groups -OCH3 is 2. The summed E-state index contributed by atoms with van der Waals surface area (Å²) in [5, 5.41) is 0.465. The molecular weight excluding hydrogens is 457 g/mol. The third kappa shape index (κ3) is 3.80. The van der Waals surface area contributed by atoms with Gasteiger partial charge in [0.15, 0.2) is 5.70 Å². The number of cyclic esters (lactones) is 1. The Kier molecular flexibility index (Phi) is 5.29. The van der Waals surface area contributed by atoms with Crippen molar-refractivity contribution in [3.05, 3.63) is 61.8 Å². The van der Waals surface area contributed by atoms with Gasteiger partial charge < -0.3 is 14.2 Å². The van der Waals surface area contributed by atoms with Crippen LogP contribution in [-0.2, 0) is 9.53 Å². The molecule has 1 aliphatic heterocycles. The molecule has 2 aromatic rings. The Morgan fingerprint density at radius 3 is 2.68 bits per heavy atom. The van der Waals surface area contributed by atoms with Crippen molar-refractivity contribution < 1.29 is 19.0 Å². The van der Waals surface area contributed by atoms with Gasteiger partial charge in [-0.1, -0.05) is 11.6 Å². The molecule has 0 saturated heterocycles. The largest absolute Gasteiger partial charge is 0.497 e. The Hall–Kier alpha value is -2.06. The van der Waals surface area contributed by atoms with E-state index in [1.165, 1.54) is 0 Å². The van der Waals surface area contributed by atoms with E-state index in [2.05, 4.69) is 27.6 Å². The molecule has 2 aromatic carbocycles. The molecule has 0 fully saturated rings. The molecule has 0 bridgehead atoms. The van der Waals surface area contributed by atoms with E-state index in [-0.39, 0.29) is 11.6 Å². The van der Waals surface area contributed by atoms with E-state index < -0.39 is 5.97 Å². The van der Waals surface area contributed by atoms with Crippen LogP contribution in [0.1, 0.15) is 11.1 Å². The van der Waals surface area contributed by atoms with Crippen LogP contribution in [0.4, 0.5) is 0 Å². The minimum atomic E-state index is -0.546. The summed E-state index contributed by atoms with van der Waals surface area (Å²) in [6.07, 6.45) is 1.60. The van der Waals surface area contributed by atoms with Crippen molar-refractivity contribution in [3.63, 3.8) is 0 Å². The maximum absolute atomic E-state index is 12.2.